The standard InChI is InChI=1S/C16H11F4NO2/c17-11-3-6-14(13(18)9-11)21-8-7-15(22)10-1-4-12(5-2-10)23-16(19)20/h1-9,16,21H. The number of benzene rings is 2. The third-order valence-electron chi connectivity index (χ3n) is 2.77. The Morgan fingerprint density at radius 1 is 1.09 bits per heavy atom. The molecule has 2 rings (SSSR count). The number of hydrogen-bond donors (Lipinski definition) is 1. The van der Waals surface area contributed by atoms with Gasteiger partial charge in [-0.2, -0.15) is 8.78 Å². The molecule has 0 bridgehead atoms. The highest BCUT2D eigenvalue weighted by Crippen LogP contribution is 2.16. The van der Waals surface area contributed by atoms with Crippen LogP contribution < -0.4 is 10.1 Å². The smallest absolute Gasteiger partial charge is 0.387 e. The van der Waals surface area contributed by atoms with Gasteiger partial charge in [-0.05, 0) is 36.4 Å². The first kappa shape index (κ1) is 16.5. The fourth-order valence-corrected chi connectivity index (χ4v) is 1.71. The molecule has 0 saturated heterocycles. The molecule has 23 heavy (non-hydrogen) atoms. The first-order valence-corrected chi connectivity index (χ1v) is 6.43. The number of hydrogen-bond acceptors (Lipinski definition) is 3. The largest absolute Gasteiger partial charge is 0.435 e. The molecule has 0 aliphatic rings. The van der Waals surface area contributed by atoms with Gasteiger partial charge in [-0.1, -0.05) is 0 Å². The van der Waals surface area contributed by atoms with Crippen molar-refractivity contribution in [2.75, 3.05) is 5.32 Å². The van der Waals surface area contributed by atoms with Crippen LogP contribution in [0.3, 0.4) is 0 Å². The van der Waals surface area contributed by atoms with E-state index in [1.165, 1.54) is 36.5 Å². The number of carbonyl (C=O) groups is 1. The zero-order valence-corrected chi connectivity index (χ0v) is 11.6. The Hall–Kier alpha value is -2.83. The first-order chi connectivity index (χ1) is 11.0. The summed E-state index contributed by atoms with van der Waals surface area (Å²) in [5.74, 6) is -1.99. The number of ether oxygens (including phenoxy) is 1. The summed E-state index contributed by atoms with van der Waals surface area (Å²) in [6.07, 6.45) is 2.33. The van der Waals surface area contributed by atoms with Gasteiger partial charge < -0.3 is 10.1 Å². The minimum atomic E-state index is -2.94. The van der Waals surface area contributed by atoms with Crippen LogP contribution in [0.5, 0.6) is 5.75 Å². The summed E-state index contributed by atoms with van der Waals surface area (Å²) in [7, 11) is 0. The molecule has 0 spiro atoms. The molecular formula is C16H11F4NO2. The van der Waals surface area contributed by atoms with Gasteiger partial charge in [0.15, 0.2) is 5.78 Å². The minimum absolute atomic E-state index is 0.0103. The van der Waals surface area contributed by atoms with Gasteiger partial charge >= 0.3 is 6.61 Å². The Kier molecular flexibility index (Phi) is 5.35. The predicted octanol–water partition coefficient (Wildman–Crippen LogP) is 4.37. The van der Waals surface area contributed by atoms with Crippen molar-refractivity contribution in [3.05, 3.63) is 71.9 Å². The fourth-order valence-electron chi connectivity index (χ4n) is 1.71. The Morgan fingerprint density at radius 3 is 2.39 bits per heavy atom. The highest BCUT2D eigenvalue weighted by Gasteiger charge is 2.06. The summed E-state index contributed by atoms with van der Waals surface area (Å²) in [4.78, 5) is 11.8. The molecule has 0 unspecified atom stereocenters. The number of nitrogens with one attached hydrogen (secondary N) is 1. The molecule has 0 fully saturated rings. The van der Waals surface area contributed by atoms with E-state index in [4.69, 9.17) is 0 Å². The summed E-state index contributed by atoms with van der Waals surface area (Å²) in [6.45, 7) is -2.94. The molecule has 0 aliphatic heterocycles. The third-order valence-corrected chi connectivity index (χ3v) is 2.77. The Labute approximate surface area is 129 Å². The van der Waals surface area contributed by atoms with Crippen molar-refractivity contribution in [1.29, 1.82) is 0 Å². The van der Waals surface area contributed by atoms with Gasteiger partial charge in [-0.15, -0.1) is 0 Å². The summed E-state index contributed by atoms with van der Waals surface area (Å²) < 4.78 is 54.3. The Morgan fingerprint density at radius 2 is 1.78 bits per heavy atom. The maximum Gasteiger partial charge on any atom is 0.387 e. The zero-order valence-electron chi connectivity index (χ0n) is 11.6. The lowest BCUT2D eigenvalue weighted by atomic mass is 10.1. The zero-order chi connectivity index (χ0) is 16.8. The molecule has 0 amide bonds. The molecule has 120 valence electrons. The van der Waals surface area contributed by atoms with Gasteiger partial charge in [0.2, 0.25) is 0 Å². The molecular weight excluding hydrogens is 314 g/mol. The monoisotopic (exact) mass is 325 g/mol. The lowest BCUT2D eigenvalue weighted by molar-refractivity contribution is -0.0498. The van der Waals surface area contributed by atoms with E-state index in [1.807, 2.05) is 0 Å². The van der Waals surface area contributed by atoms with E-state index < -0.39 is 24.0 Å². The average Bonchev–Trinajstić information content (AvgIpc) is 2.49. The fraction of sp³-hybridized carbons (Fsp3) is 0.0625. The second kappa shape index (κ2) is 7.44. The first-order valence-electron chi connectivity index (χ1n) is 6.43. The quantitative estimate of drug-likeness (QED) is 0.487. The Bertz CT molecular complexity index is 715. The summed E-state index contributed by atoms with van der Waals surface area (Å²) >= 11 is 0. The van der Waals surface area contributed by atoms with Crippen molar-refractivity contribution in [1.82, 2.24) is 0 Å². The molecule has 0 heterocycles. The number of ketones is 1. The van der Waals surface area contributed by atoms with E-state index >= 15 is 0 Å². The van der Waals surface area contributed by atoms with Crippen LogP contribution in [0.4, 0.5) is 23.2 Å². The number of alkyl halides is 2. The second-order valence-corrected chi connectivity index (χ2v) is 4.37. The molecule has 1 N–H and O–H groups in total. The van der Waals surface area contributed by atoms with E-state index in [0.29, 0.717) is 6.07 Å². The van der Waals surface area contributed by atoms with E-state index in [-0.39, 0.29) is 17.0 Å². The molecule has 0 radical (unpaired) electrons. The molecule has 7 heteroatoms. The van der Waals surface area contributed by atoms with Crippen LogP contribution >= 0.6 is 0 Å². The maximum absolute atomic E-state index is 13.3. The number of carbonyl (C=O) groups excluding carboxylic acids is 1. The van der Waals surface area contributed by atoms with Crippen LogP contribution in [0.15, 0.2) is 54.7 Å². The molecule has 0 saturated carbocycles. The van der Waals surface area contributed by atoms with Gasteiger partial charge in [0.05, 0.1) is 5.69 Å². The number of anilines is 1. The normalized spacial score (nSPS) is 11.0. The summed E-state index contributed by atoms with van der Waals surface area (Å²) in [5, 5.41) is 2.51. The van der Waals surface area contributed by atoms with Crippen molar-refractivity contribution in [2.45, 2.75) is 6.61 Å². The van der Waals surface area contributed by atoms with Crippen LogP contribution in [0.1, 0.15) is 10.4 Å². The van der Waals surface area contributed by atoms with Crippen LogP contribution in [0.25, 0.3) is 0 Å². The number of rotatable bonds is 6. The molecule has 3 nitrogen and oxygen atoms in total. The van der Waals surface area contributed by atoms with Gasteiger partial charge in [-0.3, -0.25) is 4.79 Å². The van der Waals surface area contributed by atoms with Crippen molar-refractivity contribution in [3.8, 4) is 5.75 Å². The predicted molar refractivity (Wildman–Crippen MR) is 76.5 cm³/mol. The van der Waals surface area contributed by atoms with Crippen molar-refractivity contribution >= 4 is 11.5 Å². The minimum Gasteiger partial charge on any atom is -0.435 e. The van der Waals surface area contributed by atoms with Gasteiger partial charge in [-0.25, -0.2) is 8.78 Å². The summed E-state index contributed by atoms with van der Waals surface area (Å²) in [5.41, 5.74) is 0.250. The van der Waals surface area contributed by atoms with Crippen molar-refractivity contribution < 1.29 is 27.1 Å². The van der Waals surface area contributed by atoms with E-state index in [9.17, 15) is 22.4 Å². The maximum atomic E-state index is 13.3. The number of allylic oxidation sites excluding steroid dienone is 1. The SMILES string of the molecule is O=C(C=CNc1ccc(F)cc1F)c1ccc(OC(F)F)cc1. The van der Waals surface area contributed by atoms with E-state index in [2.05, 4.69) is 10.1 Å². The molecule has 0 aliphatic carbocycles. The average molecular weight is 325 g/mol. The number of halogens is 4. The van der Waals surface area contributed by atoms with Crippen LogP contribution in [-0.4, -0.2) is 12.4 Å². The lowest BCUT2D eigenvalue weighted by Gasteiger charge is -2.04. The van der Waals surface area contributed by atoms with Crippen LogP contribution in [0.2, 0.25) is 0 Å². The van der Waals surface area contributed by atoms with Crippen LogP contribution in [-0.2, 0) is 0 Å². The van der Waals surface area contributed by atoms with Gasteiger partial charge in [0.25, 0.3) is 0 Å². The highest BCUT2D eigenvalue weighted by atomic mass is 19.3. The highest BCUT2D eigenvalue weighted by molar-refractivity contribution is 6.04. The molecule has 0 atom stereocenters. The Balaban J connectivity index is 1.98. The van der Waals surface area contributed by atoms with Crippen molar-refractivity contribution in [2.24, 2.45) is 0 Å². The molecule has 2 aromatic rings. The molecule has 2 aromatic carbocycles. The van der Waals surface area contributed by atoms with Gasteiger partial charge in [0, 0.05) is 23.9 Å². The topological polar surface area (TPSA) is 38.3 Å². The van der Waals surface area contributed by atoms with Gasteiger partial charge in [0.1, 0.15) is 17.4 Å². The van der Waals surface area contributed by atoms with E-state index in [0.717, 1.165) is 12.1 Å². The van der Waals surface area contributed by atoms with Crippen molar-refractivity contribution in [3.63, 3.8) is 0 Å². The van der Waals surface area contributed by atoms with Crippen LogP contribution in [0, 0.1) is 11.6 Å². The molecule has 0 aromatic heterocycles. The summed E-state index contributed by atoms with van der Waals surface area (Å²) in [6, 6.07) is 8.09. The lowest BCUT2D eigenvalue weighted by Crippen LogP contribution is -2.02. The van der Waals surface area contributed by atoms with E-state index in [1.54, 1.807) is 0 Å². The third kappa shape index (κ3) is 4.84. The second-order valence-electron chi connectivity index (χ2n) is 4.37.